The third kappa shape index (κ3) is 2.46. The van der Waals surface area contributed by atoms with Crippen molar-refractivity contribution in [2.45, 2.75) is 25.9 Å². The van der Waals surface area contributed by atoms with Gasteiger partial charge in [-0.15, -0.1) is 11.3 Å². The molecule has 0 unspecified atom stereocenters. The molecule has 0 saturated carbocycles. The summed E-state index contributed by atoms with van der Waals surface area (Å²) in [6.07, 6.45) is 2.58. The highest BCUT2D eigenvalue weighted by molar-refractivity contribution is 7.15. The molecule has 1 aliphatic carbocycles. The highest BCUT2D eigenvalue weighted by Crippen LogP contribution is 2.32. The molecular weight excluding hydrogens is 258 g/mol. The van der Waals surface area contributed by atoms with Crippen LogP contribution in [0.3, 0.4) is 0 Å². The zero-order valence-corrected chi connectivity index (χ0v) is 11.6. The number of ketones is 1. The summed E-state index contributed by atoms with van der Waals surface area (Å²) in [7, 11) is 1.69. The molecule has 1 aromatic heterocycles. The Morgan fingerprint density at radius 1 is 1.37 bits per heavy atom. The Labute approximate surface area is 116 Å². The van der Waals surface area contributed by atoms with Crippen LogP contribution < -0.4 is 0 Å². The van der Waals surface area contributed by atoms with Crippen LogP contribution in [0.1, 0.15) is 33.8 Å². The third-order valence-electron chi connectivity index (χ3n) is 3.25. The number of Topliss-reactive ketones (excluding diaryl/α,β-unsaturated/α-hetero) is 1. The van der Waals surface area contributed by atoms with E-state index >= 15 is 0 Å². The number of ether oxygens (including phenoxy) is 1. The van der Waals surface area contributed by atoms with Crippen molar-refractivity contribution in [2.24, 2.45) is 0 Å². The Morgan fingerprint density at radius 2 is 2.26 bits per heavy atom. The largest absolute Gasteiger partial charge is 0.380 e. The molecule has 0 saturated heterocycles. The van der Waals surface area contributed by atoms with E-state index in [-0.39, 0.29) is 5.78 Å². The van der Waals surface area contributed by atoms with Crippen LogP contribution in [0.5, 0.6) is 0 Å². The van der Waals surface area contributed by atoms with Gasteiger partial charge in [-0.25, -0.2) is 4.98 Å². The molecule has 0 spiro atoms. The molecule has 0 bridgehead atoms. The molecule has 0 radical (unpaired) electrons. The van der Waals surface area contributed by atoms with E-state index in [0.717, 1.165) is 33.9 Å². The lowest BCUT2D eigenvalue weighted by Gasteiger charge is -2.06. The first-order valence-corrected chi connectivity index (χ1v) is 7.21. The molecule has 0 atom stereocenters. The van der Waals surface area contributed by atoms with Crippen LogP contribution >= 0.6 is 11.3 Å². The number of rotatable bonds is 3. The van der Waals surface area contributed by atoms with Gasteiger partial charge in [-0.05, 0) is 24.5 Å². The van der Waals surface area contributed by atoms with Gasteiger partial charge in [0.05, 0.1) is 6.61 Å². The van der Waals surface area contributed by atoms with Gasteiger partial charge in [-0.3, -0.25) is 4.79 Å². The SMILES string of the molecule is COCc1cccc(-c2nc3c(s2)CCCC3=O)c1. The van der Waals surface area contributed by atoms with Gasteiger partial charge in [-0.2, -0.15) is 0 Å². The minimum Gasteiger partial charge on any atom is -0.380 e. The zero-order chi connectivity index (χ0) is 13.2. The second kappa shape index (κ2) is 5.23. The summed E-state index contributed by atoms with van der Waals surface area (Å²) in [5.41, 5.74) is 2.89. The lowest BCUT2D eigenvalue weighted by atomic mass is 10.0. The Kier molecular flexibility index (Phi) is 3.44. The van der Waals surface area contributed by atoms with Crippen molar-refractivity contribution in [2.75, 3.05) is 7.11 Å². The summed E-state index contributed by atoms with van der Waals surface area (Å²) < 4.78 is 5.15. The number of hydrogen-bond acceptors (Lipinski definition) is 4. The van der Waals surface area contributed by atoms with Crippen molar-refractivity contribution in [1.82, 2.24) is 4.98 Å². The molecule has 3 rings (SSSR count). The number of aryl methyl sites for hydroxylation is 1. The fourth-order valence-corrected chi connectivity index (χ4v) is 3.47. The smallest absolute Gasteiger partial charge is 0.182 e. The topological polar surface area (TPSA) is 39.2 Å². The van der Waals surface area contributed by atoms with Gasteiger partial charge in [0.15, 0.2) is 5.78 Å². The zero-order valence-electron chi connectivity index (χ0n) is 10.8. The third-order valence-corrected chi connectivity index (χ3v) is 4.42. The number of thiazole rings is 1. The van der Waals surface area contributed by atoms with Crippen LogP contribution in [-0.2, 0) is 17.8 Å². The summed E-state index contributed by atoms with van der Waals surface area (Å²) in [4.78, 5) is 17.5. The molecule has 1 heterocycles. The van der Waals surface area contributed by atoms with E-state index < -0.39 is 0 Å². The summed E-state index contributed by atoms with van der Waals surface area (Å²) in [5, 5.41) is 0.943. The van der Waals surface area contributed by atoms with Gasteiger partial charge in [0.2, 0.25) is 0 Å². The number of hydrogen-bond donors (Lipinski definition) is 0. The quantitative estimate of drug-likeness (QED) is 0.859. The summed E-state index contributed by atoms with van der Waals surface area (Å²) in [6, 6.07) is 8.16. The van der Waals surface area contributed by atoms with E-state index in [9.17, 15) is 4.79 Å². The molecule has 0 amide bonds. The van der Waals surface area contributed by atoms with Gasteiger partial charge >= 0.3 is 0 Å². The average molecular weight is 273 g/mol. The van der Waals surface area contributed by atoms with Crippen molar-refractivity contribution in [3.8, 4) is 10.6 Å². The van der Waals surface area contributed by atoms with Crippen molar-refractivity contribution in [1.29, 1.82) is 0 Å². The first-order chi connectivity index (χ1) is 9.28. The molecule has 2 aromatic rings. The number of carbonyl (C=O) groups excluding carboxylic acids is 1. The van der Waals surface area contributed by atoms with E-state index in [2.05, 4.69) is 11.1 Å². The number of carbonyl (C=O) groups is 1. The van der Waals surface area contributed by atoms with Crippen LogP contribution in [-0.4, -0.2) is 17.9 Å². The first kappa shape index (κ1) is 12.5. The molecule has 0 aliphatic heterocycles. The molecule has 98 valence electrons. The van der Waals surface area contributed by atoms with Crippen LogP contribution in [0.2, 0.25) is 0 Å². The molecule has 19 heavy (non-hydrogen) atoms. The van der Waals surface area contributed by atoms with Crippen LogP contribution in [0.4, 0.5) is 0 Å². The average Bonchev–Trinajstić information content (AvgIpc) is 2.85. The Hall–Kier alpha value is -1.52. The fraction of sp³-hybridized carbons (Fsp3) is 0.333. The summed E-state index contributed by atoms with van der Waals surface area (Å²) in [5.74, 6) is 0.191. The fourth-order valence-electron chi connectivity index (χ4n) is 2.35. The molecule has 1 aromatic carbocycles. The van der Waals surface area contributed by atoms with E-state index in [1.54, 1.807) is 18.4 Å². The Bertz CT molecular complexity index is 618. The predicted molar refractivity (Wildman–Crippen MR) is 75.5 cm³/mol. The highest BCUT2D eigenvalue weighted by Gasteiger charge is 2.22. The highest BCUT2D eigenvalue weighted by atomic mass is 32.1. The molecule has 1 aliphatic rings. The van der Waals surface area contributed by atoms with Crippen LogP contribution in [0.15, 0.2) is 24.3 Å². The number of methoxy groups -OCH3 is 1. The minimum atomic E-state index is 0.191. The second-order valence-corrected chi connectivity index (χ2v) is 5.78. The first-order valence-electron chi connectivity index (χ1n) is 6.39. The standard InChI is InChI=1S/C15H15NO2S/c1-18-9-10-4-2-5-11(8-10)15-16-14-12(17)6-3-7-13(14)19-15/h2,4-5,8H,3,6-7,9H2,1H3. The Morgan fingerprint density at radius 3 is 3.05 bits per heavy atom. The number of benzene rings is 1. The normalized spacial score (nSPS) is 14.5. The van der Waals surface area contributed by atoms with Crippen molar-refractivity contribution < 1.29 is 9.53 Å². The second-order valence-electron chi connectivity index (χ2n) is 4.70. The van der Waals surface area contributed by atoms with Crippen molar-refractivity contribution in [3.63, 3.8) is 0 Å². The molecule has 4 heteroatoms. The van der Waals surface area contributed by atoms with Crippen molar-refractivity contribution in [3.05, 3.63) is 40.4 Å². The monoisotopic (exact) mass is 273 g/mol. The summed E-state index contributed by atoms with van der Waals surface area (Å²) in [6.45, 7) is 0.595. The van der Waals surface area contributed by atoms with Gasteiger partial charge in [0.25, 0.3) is 0 Å². The molecule has 0 fully saturated rings. The minimum absolute atomic E-state index is 0.191. The van der Waals surface area contributed by atoms with Crippen LogP contribution in [0.25, 0.3) is 10.6 Å². The van der Waals surface area contributed by atoms with Crippen LogP contribution in [0, 0.1) is 0 Å². The van der Waals surface area contributed by atoms with Gasteiger partial charge in [0, 0.05) is 24.0 Å². The number of aromatic nitrogens is 1. The van der Waals surface area contributed by atoms with Gasteiger partial charge in [0.1, 0.15) is 10.7 Å². The maximum absolute atomic E-state index is 11.8. The van der Waals surface area contributed by atoms with E-state index in [0.29, 0.717) is 18.7 Å². The van der Waals surface area contributed by atoms with E-state index in [1.807, 2.05) is 18.2 Å². The molecular formula is C15H15NO2S. The number of fused-ring (bicyclic) bond motifs is 1. The lowest BCUT2D eigenvalue weighted by Crippen LogP contribution is -2.08. The lowest BCUT2D eigenvalue weighted by molar-refractivity contribution is 0.0968. The molecule has 0 N–H and O–H groups in total. The van der Waals surface area contributed by atoms with Gasteiger partial charge in [-0.1, -0.05) is 18.2 Å². The maximum Gasteiger partial charge on any atom is 0.182 e. The summed E-state index contributed by atoms with van der Waals surface area (Å²) >= 11 is 1.65. The Balaban J connectivity index is 1.98. The molecule has 3 nitrogen and oxygen atoms in total. The van der Waals surface area contributed by atoms with Gasteiger partial charge < -0.3 is 4.74 Å². The predicted octanol–water partition coefficient (Wildman–Crippen LogP) is 3.48. The van der Waals surface area contributed by atoms with E-state index in [1.165, 1.54) is 0 Å². The maximum atomic E-state index is 11.8. The van der Waals surface area contributed by atoms with Crippen molar-refractivity contribution >= 4 is 17.1 Å². The number of nitrogens with zero attached hydrogens (tertiary/aromatic N) is 1. The van der Waals surface area contributed by atoms with E-state index in [4.69, 9.17) is 4.74 Å².